The number of carbonyl (C=O) groups excluding carboxylic acids is 11. The van der Waals surface area contributed by atoms with E-state index in [0.717, 1.165) is 44.9 Å². The minimum absolute atomic E-state index is 0.00652. The summed E-state index contributed by atoms with van der Waals surface area (Å²) in [5.41, 5.74) is -3.52. The van der Waals surface area contributed by atoms with Crippen LogP contribution in [0.15, 0.2) is 0 Å². The predicted molar refractivity (Wildman–Crippen MR) is 420 cm³/mol. The fraction of sp³-hybridized carbons (Fsp3) is 0.859. The summed E-state index contributed by atoms with van der Waals surface area (Å²) in [7, 11) is 0. The van der Waals surface area contributed by atoms with Gasteiger partial charge in [0, 0.05) is 143 Å². The third kappa shape index (κ3) is 44.1. The van der Waals surface area contributed by atoms with E-state index in [1.54, 1.807) is 0 Å². The van der Waals surface area contributed by atoms with Crippen molar-refractivity contribution in [3.63, 3.8) is 0 Å². The van der Waals surface area contributed by atoms with Gasteiger partial charge < -0.3 is 142 Å². The van der Waals surface area contributed by atoms with Crippen LogP contribution in [-0.4, -0.2) is 320 Å². The van der Waals surface area contributed by atoms with Crippen LogP contribution < -0.4 is 53.2 Å². The maximum atomic E-state index is 14.0. The fourth-order valence-corrected chi connectivity index (χ4v) is 12.9. The molecule has 3 aliphatic heterocycles. The van der Waals surface area contributed by atoms with Crippen molar-refractivity contribution in [3.05, 3.63) is 0 Å². The van der Waals surface area contributed by atoms with E-state index < -0.39 is 141 Å². The molecule has 0 saturated carbocycles. The van der Waals surface area contributed by atoms with E-state index in [1.165, 1.54) is 20.8 Å². The standard InChI is InChI=1S/C78H140N10O29/c1-52(93)85-66-55(96)45-77(48-91,49-92)117-75(66)113-41-20-17-28-61(100)81-35-24-38-84-64(103)32-44-110-51-78(88-65(104)29-14-12-10-8-7-9-11-13-25-58(97)76(4,5)6,50-109-43-31-63(102)83-37-23-34-80-60(99)27-16-19-40-112-74-68(87-54(3)95)72(108)70(106)57(47-90)116-74)114-42-21-30-62(101)82-36-22-33-79-59(98)26-15-18-39-111-73-67(86-53(2)94)71(107)69(105)56(46-89)115-73/h55-57,66-75,89-92,96,105-108H,7-51H2,1-6H3,(H,79,98)(H,80,99)(H,81,100)(H,82,101)(H,83,102)(H,84,103)(H,85,93)(H,86,94)(H,87,95)(H,88,104)/t55?,56?,57?,66?,67?,68?,69-,70-,71?,72?,73-,74-,75-,78?/m1/s1. The van der Waals surface area contributed by atoms with Crippen LogP contribution in [0, 0.1) is 5.41 Å². The summed E-state index contributed by atoms with van der Waals surface area (Å²) in [6, 6.07) is -3.14. The smallest absolute Gasteiger partial charge is 0.222 e. The van der Waals surface area contributed by atoms with Crippen LogP contribution >= 0.6 is 0 Å². The van der Waals surface area contributed by atoms with Crippen molar-refractivity contribution in [3.8, 4) is 0 Å². The number of aliphatic hydroxyl groups excluding tert-OH is 9. The van der Waals surface area contributed by atoms with Gasteiger partial charge in [0.15, 0.2) is 24.6 Å². The van der Waals surface area contributed by atoms with Crippen LogP contribution in [0.4, 0.5) is 0 Å². The zero-order chi connectivity index (χ0) is 86.6. The molecule has 676 valence electrons. The summed E-state index contributed by atoms with van der Waals surface area (Å²) in [6.45, 7) is 7.70. The molecule has 0 bridgehead atoms. The Balaban J connectivity index is 1.58. The molecule has 0 aromatic carbocycles. The third-order valence-electron chi connectivity index (χ3n) is 19.6. The maximum Gasteiger partial charge on any atom is 0.222 e. The number of ether oxygens (including phenoxy) is 9. The van der Waals surface area contributed by atoms with Crippen molar-refractivity contribution in [2.75, 3.05) is 119 Å². The predicted octanol–water partition coefficient (Wildman–Crippen LogP) is -2.42. The van der Waals surface area contributed by atoms with Crippen molar-refractivity contribution < 1.29 is 141 Å². The monoisotopic (exact) mass is 1680 g/mol. The van der Waals surface area contributed by atoms with Crippen LogP contribution in [0.25, 0.3) is 0 Å². The number of unbranched alkanes of at least 4 members (excludes halogenated alkanes) is 10. The number of hydrogen-bond donors (Lipinski definition) is 19. The summed E-state index contributed by atoms with van der Waals surface area (Å²) >= 11 is 0. The first kappa shape index (κ1) is 105. The van der Waals surface area contributed by atoms with E-state index in [9.17, 15) is 98.7 Å². The van der Waals surface area contributed by atoms with Crippen LogP contribution in [0.3, 0.4) is 0 Å². The second-order valence-electron chi connectivity index (χ2n) is 31.1. The lowest BCUT2D eigenvalue weighted by atomic mass is 9.88. The highest BCUT2D eigenvalue weighted by atomic mass is 16.7. The molecule has 39 heteroatoms. The molecular formula is C78H140N10O29. The second-order valence-corrected chi connectivity index (χ2v) is 31.1. The molecule has 117 heavy (non-hydrogen) atoms. The van der Waals surface area contributed by atoms with Gasteiger partial charge in [-0.25, -0.2) is 0 Å². The number of Topliss-reactive ketones (excluding diaryl/α,β-unsaturated/α-hetero) is 1. The van der Waals surface area contributed by atoms with Crippen LogP contribution in [0.1, 0.15) is 215 Å². The zero-order valence-electron chi connectivity index (χ0n) is 69.5. The molecule has 9 unspecified atom stereocenters. The lowest BCUT2D eigenvalue weighted by Gasteiger charge is -2.45. The maximum absolute atomic E-state index is 14.0. The first-order valence-corrected chi connectivity index (χ1v) is 41.5. The largest absolute Gasteiger partial charge is 0.394 e. The van der Waals surface area contributed by atoms with E-state index in [1.807, 2.05) is 20.8 Å². The Morgan fingerprint density at radius 3 is 1.08 bits per heavy atom. The molecule has 0 aromatic heterocycles. The van der Waals surface area contributed by atoms with Gasteiger partial charge in [-0.1, -0.05) is 59.3 Å². The average Bonchev–Trinajstić information content (AvgIpc) is 0.801. The van der Waals surface area contributed by atoms with Gasteiger partial charge in [-0.2, -0.15) is 0 Å². The lowest BCUT2D eigenvalue weighted by Crippen LogP contribution is -2.64. The Hall–Kier alpha value is -6.35. The Labute approximate surface area is 686 Å². The Morgan fingerprint density at radius 1 is 0.376 bits per heavy atom. The average molecular weight is 1680 g/mol. The Morgan fingerprint density at radius 2 is 0.709 bits per heavy atom. The molecule has 0 spiro atoms. The number of hydrogen-bond acceptors (Lipinski definition) is 29. The Kier molecular flexibility index (Phi) is 53.2. The SMILES string of the molecule is CC(=O)NC1C(O)CC(CO)(CO)O[C@H]1OCCCCC(=O)NCCCNC(=O)CCOCC(COCCC(=O)NCCCNC(=O)CCCCO[C@@H]1OC(CO)[C@@H](O)C(O)C1NC(C)=O)(NC(=O)CCCCCCCCCCC(=O)C(C)(C)C)OCCCC(=O)NCCCNC(=O)CCCCO[C@@H]1OC(CO)[C@@H](O)C(O)C1NC(C)=O. The first-order valence-electron chi connectivity index (χ1n) is 41.5. The molecule has 3 heterocycles. The third-order valence-corrected chi connectivity index (χ3v) is 19.6. The van der Waals surface area contributed by atoms with Crippen molar-refractivity contribution >= 4 is 64.9 Å². The number of aliphatic hydroxyl groups is 9. The summed E-state index contributed by atoms with van der Waals surface area (Å²) in [5.74, 6) is -3.39. The summed E-state index contributed by atoms with van der Waals surface area (Å²) in [6.07, 6.45) is -1.40. The molecule has 3 fully saturated rings. The van der Waals surface area contributed by atoms with Crippen molar-refractivity contribution in [1.82, 2.24) is 53.2 Å². The molecule has 14 atom stereocenters. The van der Waals surface area contributed by atoms with Crippen LogP contribution in [0.2, 0.25) is 0 Å². The molecule has 0 aliphatic carbocycles. The number of carbonyl (C=O) groups is 11. The minimum atomic E-state index is -1.69. The highest BCUT2D eigenvalue weighted by Gasteiger charge is 2.49. The quantitative estimate of drug-likeness (QED) is 0.0222. The van der Waals surface area contributed by atoms with E-state index in [2.05, 4.69) is 53.2 Å². The minimum Gasteiger partial charge on any atom is -0.394 e. The van der Waals surface area contributed by atoms with Crippen molar-refractivity contribution in [2.24, 2.45) is 5.41 Å². The van der Waals surface area contributed by atoms with Gasteiger partial charge in [-0.15, -0.1) is 0 Å². The summed E-state index contributed by atoms with van der Waals surface area (Å²) < 4.78 is 52.7. The molecule has 10 amide bonds. The normalized spacial score (nSPS) is 22.9. The molecule has 0 radical (unpaired) electrons. The highest BCUT2D eigenvalue weighted by molar-refractivity contribution is 5.83. The molecule has 3 rings (SSSR count). The van der Waals surface area contributed by atoms with Crippen molar-refractivity contribution in [1.29, 1.82) is 0 Å². The summed E-state index contributed by atoms with van der Waals surface area (Å²) in [5, 5.41) is 118. The fourth-order valence-electron chi connectivity index (χ4n) is 12.9. The highest BCUT2D eigenvalue weighted by Crippen LogP contribution is 2.31. The van der Waals surface area contributed by atoms with Gasteiger partial charge in [0.25, 0.3) is 0 Å². The molecule has 3 aliphatic rings. The van der Waals surface area contributed by atoms with E-state index in [4.69, 9.17) is 42.6 Å². The lowest BCUT2D eigenvalue weighted by molar-refractivity contribution is -0.285. The van der Waals surface area contributed by atoms with E-state index >= 15 is 0 Å². The zero-order valence-corrected chi connectivity index (χ0v) is 69.5. The van der Waals surface area contributed by atoms with Gasteiger partial charge in [-0.05, 0) is 77.0 Å². The van der Waals surface area contributed by atoms with E-state index in [0.29, 0.717) is 70.6 Å². The number of amides is 10. The number of ketones is 1. The topological polar surface area (TPSA) is 573 Å². The second kappa shape index (κ2) is 59.4. The number of rotatable bonds is 64. The van der Waals surface area contributed by atoms with Crippen LogP contribution in [-0.2, 0) is 95.4 Å². The van der Waals surface area contributed by atoms with Gasteiger partial charge in [0.1, 0.15) is 66.1 Å². The molecule has 19 N–H and O–H groups in total. The number of nitrogens with one attached hydrogen (secondary N) is 10. The summed E-state index contributed by atoms with van der Waals surface area (Å²) in [4.78, 5) is 139. The van der Waals surface area contributed by atoms with E-state index in [-0.39, 0.29) is 197 Å². The van der Waals surface area contributed by atoms with Crippen molar-refractivity contribution in [2.45, 2.75) is 306 Å². The molecule has 0 aromatic rings. The Bertz CT molecular complexity index is 2800. The first-order chi connectivity index (χ1) is 55.8. The van der Waals surface area contributed by atoms with Crippen LogP contribution in [0.5, 0.6) is 0 Å². The van der Waals surface area contributed by atoms with Gasteiger partial charge in [-0.3, -0.25) is 52.7 Å². The van der Waals surface area contributed by atoms with Gasteiger partial charge in [0.2, 0.25) is 59.1 Å². The molecule has 3 saturated heterocycles. The van der Waals surface area contributed by atoms with Gasteiger partial charge in [0.05, 0.1) is 65.6 Å². The molecule has 39 nitrogen and oxygen atoms in total. The molecular weight excluding hydrogens is 1540 g/mol. The van der Waals surface area contributed by atoms with Gasteiger partial charge >= 0.3 is 0 Å².